The molecule has 0 aromatic carbocycles. The van der Waals surface area contributed by atoms with Gasteiger partial charge in [0.2, 0.25) is 0 Å². The highest BCUT2D eigenvalue weighted by molar-refractivity contribution is 6.33. The first-order chi connectivity index (χ1) is 9.71. The number of alkyl halides is 3. The Labute approximate surface area is 133 Å². The van der Waals surface area contributed by atoms with Crippen LogP contribution in [0.2, 0.25) is 5.02 Å². The molecular weight excluding hydrogens is 350 g/mol. The van der Waals surface area contributed by atoms with E-state index in [0.29, 0.717) is 0 Å². The van der Waals surface area contributed by atoms with E-state index in [1.165, 1.54) is 0 Å². The highest BCUT2D eigenvalue weighted by Gasteiger charge is 2.53. The van der Waals surface area contributed by atoms with Crippen molar-refractivity contribution >= 4 is 35.9 Å². The van der Waals surface area contributed by atoms with Gasteiger partial charge in [-0.2, -0.15) is 13.2 Å². The number of hydrogen-bond donors (Lipinski definition) is 1. The molecule has 1 N–H and O–H groups in total. The van der Waals surface area contributed by atoms with Crippen LogP contribution < -0.4 is 0 Å². The average molecular weight is 360 g/mol. The minimum atomic E-state index is -4.70. The molecule has 0 aliphatic carbocycles. The zero-order chi connectivity index (χ0) is 15.8. The fourth-order valence-electron chi connectivity index (χ4n) is 2.17. The van der Waals surface area contributed by atoms with Crippen LogP contribution in [0.5, 0.6) is 0 Å². The maximum atomic E-state index is 12.8. The van der Waals surface area contributed by atoms with Crippen molar-refractivity contribution in [3.8, 4) is 0 Å². The van der Waals surface area contributed by atoms with Crippen LogP contribution in [0.1, 0.15) is 10.5 Å². The number of aromatic nitrogens is 2. The summed E-state index contributed by atoms with van der Waals surface area (Å²) in [5, 5.41) is 8.78. The molecule has 2 heterocycles. The fraction of sp³-hybridized carbons (Fsp3) is 0.455. The molecule has 0 spiro atoms. The highest BCUT2D eigenvalue weighted by Crippen LogP contribution is 2.38. The highest BCUT2D eigenvalue weighted by atomic mass is 35.5. The molecule has 0 unspecified atom stereocenters. The summed E-state index contributed by atoms with van der Waals surface area (Å²) in [4.78, 5) is 31.0. The van der Waals surface area contributed by atoms with Gasteiger partial charge in [0, 0.05) is 19.3 Å². The summed E-state index contributed by atoms with van der Waals surface area (Å²) in [6.45, 7) is -1.28. The van der Waals surface area contributed by atoms with Gasteiger partial charge in [0.15, 0.2) is 0 Å². The lowest BCUT2D eigenvalue weighted by molar-refractivity contribution is -0.187. The predicted octanol–water partition coefficient (Wildman–Crippen LogP) is 1.89. The molecular formula is C11H10Cl2F3N3O3. The van der Waals surface area contributed by atoms with Gasteiger partial charge in [-0.25, -0.2) is 9.97 Å². The van der Waals surface area contributed by atoms with Crippen LogP contribution >= 0.6 is 24.0 Å². The van der Waals surface area contributed by atoms with Gasteiger partial charge in [0.05, 0.1) is 16.9 Å². The summed E-state index contributed by atoms with van der Waals surface area (Å²) < 4.78 is 38.5. The van der Waals surface area contributed by atoms with E-state index in [2.05, 4.69) is 9.97 Å². The standard InChI is InChI=1S/C11H9ClF3N3O3.ClH/c12-7-1-16-4-17-8(7)9(19)18-2-5(10(20)21)6(3-18)11(13,14)15;/h1,4-6H,2-3H2,(H,20,21);1H/t5-,6-;/m1./s1. The molecule has 2 atom stereocenters. The molecule has 1 fully saturated rings. The van der Waals surface area contributed by atoms with E-state index >= 15 is 0 Å². The fourth-order valence-corrected chi connectivity index (χ4v) is 2.36. The van der Waals surface area contributed by atoms with Gasteiger partial charge < -0.3 is 10.0 Å². The molecule has 1 amide bonds. The van der Waals surface area contributed by atoms with Crippen LogP contribution in [-0.4, -0.2) is 51.1 Å². The molecule has 1 aromatic rings. The largest absolute Gasteiger partial charge is 0.481 e. The van der Waals surface area contributed by atoms with Crippen LogP contribution in [0.4, 0.5) is 13.2 Å². The predicted molar refractivity (Wildman–Crippen MR) is 70.9 cm³/mol. The molecule has 1 aromatic heterocycles. The lowest BCUT2D eigenvalue weighted by atomic mass is 9.96. The van der Waals surface area contributed by atoms with Gasteiger partial charge in [-0.3, -0.25) is 9.59 Å². The molecule has 11 heteroatoms. The van der Waals surface area contributed by atoms with Crippen LogP contribution in [0.3, 0.4) is 0 Å². The topological polar surface area (TPSA) is 83.4 Å². The summed E-state index contributed by atoms with van der Waals surface area (Å²) in [5.41, 5.74) is -0.251. The Kier molecular flexibility index (Phi) is 5.58. The zero-order valence-electron chi connectivity index (χ0n) is 10.7. The van der Waals surface area contributed by atoms with Crippen molar-refractivity contribution in [1.29, 1.82) is 0 Å². The normalized spacial score (nSPS) is 21.4. The third kappa shape index (κ3) is 3.58. The quantitative estimate of drug-likeness (QED) is 0.871. The van der Waals surface area contributed by atoms with Gasteiger partial charge in [0.25, 0.3) is 5.91 Å². The van der Waals surface area contributed by atoms with Gasteiger partial charge in [-0.05, 0) is 0 Å². The third-order valence-electron chi connectivity index (χ3n) is 3.21. The number of carboxylic acid groups (broad SMARTS) is 1. The van der Waals surface area contributed by atoms with E-state index in [1.807, 2.05) is 0 Å². The Morgan fingerprint density at radius 2 is 2.00 bits per heavy atom. The van der Waals surface area contributed by atoms with Crippen LogP contribution in [0, 0.1) is 11.8 Å². The second kappa shape index (κ2) is 6.66. The average Bonchev–Trinajstić information content (AvgIpc) is 2.83. The minimum absolute atomic E-state index is 0. The lowest BCUT2D eigenvalue weighted by Crippen LogP contribution is -2.34. The first kappa shape index (κ1) is 18.4. The van der Waals surface area contributed by atoms with E-state index < -0.39 is 43.0 Å². The summed E-state index contributed by atoms with van der Waals surface area (Å²) >= 11 is 5.71. The summed E-state index contributed by atoms with van der Waals surface area (Å²) in [6.07, 6.45) is -2.54. The molecule has 2 rings (SSSR count). The molecule has 1 saturated heterocycles. The number of carboxylic acids is 1. The number of carbonyl (C=O) groups is 2. The number of likely N-dealkylation sites (tertiary alicyclic amines) is 1. The number of aliphatic carboxylic acids is 1. The Morgan fingerprint density at radius 1 is 1.36 bits per heavy atom. The number of amides is 1. The van der Waals surface area contributed by atoms with Gasteiger partial charge >= 0.3 is 12.1 Å². The number of halogens is 5. The van der Waals surface area contributed by atoms with Crippen molar-refractivity contribution in [2.75, 3.05) is 13.1 Å². The Balaban J connectivity index is 0.00000242. The number of carbonyl (C=O) groups excluding carboxylic acids is 1. The molecule has 122 valence electrons. The number of rotatable bonds is 2. The molecule has 6 nitrogen and oxygen atoms in total. The number of hydrogen-bond acceptors (Lipinski definition) is 4. The van der Waals surface area contributed by atoms with Crippen LogP contribution in [0.25, 0.3) is 0 Å². The van der Waals surface area contributed by atoms with Crippen molar-refractivity contribution in [1.82, 2.24) is 14.9 Å². The summed E-state index contributed by atoms with van der Waals surface area (Å²) in [5.74, 6) is -6.25. The van der Waals surface area contributed by atoms with Crippen molar-refractivity contribution in [2.24, 2.45) is 11.8 Å². The van der Waals surface area contributed by atoms with E-state index in [1.54, 1.807) is 0 Å². The van der Waals surface area contributed by atoms with E-state index in [0.717, 1.165) is 17.4 Å². The van der Waals surface area contributed by atoms with Crippen LogP contribution in [0.15, 0.2) is 12.5 Å². The first-order valence-electron chi connectivity index (χ1n) is 5.76. The second-order valence-electron chi connectivity index (χ2n) is 4.52. The van der Waals surface area contributed by atoms with Gasteiger partial charge in [-0.15, -0.1) is 12.4 Å². The van der Waals surface area contributed by atoms with Crippen molar-refractivity contribution in [3.63, 3.8) is 0 Å². The summed E-state index contributed by atoms with van der Waals surface area (Å²) in [7, 11) is 0. The first-order valence-corrected chi connectivity index (χ1v) is 6.14. The molecule has 0 saturated carbocycles. The summed E-state index contributed by atoms with van der Waals surface area (Å²) in [6, 6.07) is 0. The Morgan fingerprint density at radius 3 is 2.45 bits per heavy atom. The Bertz CT molecular complexity index is 585. The van der Waals surface area contributed by atoms with Crippen molar-refractivity contribution < 1.29 is 27.9 Å². The minimum Gasteiger partial charge on any atom is -0.481 e. The number of nitrogens with zero attached hydrogens (tertiary/aromatic N) is 3. The molecule has 1 aliphatic rings. The van der Waals surface area contributed by atoms with Crippen molar-refractivity contribution in [2.45, 2.75) is 6.18 Å². The third-order valence-corrected chi connectivity index (χ3v) is 3.49. The Hall–Kier alpha value is -1.61. The SMILES string of the molecule is Cl.O=C(O)[C@@H]1CN(C(=O)c2ncncc2Cl)C[C@H]1C(F)(F)F. The molecule has 0 bridgehead atoms. The smallest absolute Gasteiger partial charge is 0.394 e. The van der Waals surface area contributed by atoms with E-state index in [4.69, 9.17) is 16.7 Å². The maximum Gasteiger partial charge on any atom is 0.394 e. The zero-order valence-corrected chi connectivity index (χ0v) is 12.3. The van der Waals surface area contributed by atoms with Gasteiger partial charge in [0.1, 0.15) is 12.0 Å². The monoisotopic (exact) mass is 359 g/mol. The molecule has 0 radical (unpaired) electrons. The van der Waals surface area contributed by atoms with E-state index in [9.17, 15) is 22.8 Å². The second-order valence-corrected chi connectivity index (χ2v) is 4.93. The molecule has 1 aliphatic heterocycles. The van der Waals surface area contributed by atoms with Crippen LogP contribution in [-0.2, 0) is 4.79 Å². The molecule has 22 heavy (non-hydrogen) atoms. The maximum absolute atomic E-state index is 12.8. The van der Waals surface area contributed by atoms with Crippen molar-refractivity contribution in [3.05, 3.63) is 23.2 Å². The van der Waals surface area contributed by atoms with E-state index in [-0.39, 0.29) is 23.1 Å². The lowest BCUT2D eigenvalue weighted by Gasteiger charge is -2.18. The van der Waals surface area contributed by atoms with Gasteiger partial charge in [-0.1, -0.05) is 11.6 Å².